The highest BCUT2D eigenvalue weighted by atomic mass is 16.5. The first-order chi connectivity index (χ1) is 11.7. The number of nitrogens with one attached hydrogen (secondary N) is 1. The molecular formula is C15H14N6O3. The molecule has 0 atom stereocenters. The lowest BCUT2D eigenvalue weighted by Gasteiger charge is -2.07. The normalized spacial score (nSPS) is 10.5. The Balaban J connectivity index is 1.76. The first-order valence-electron chi connectivity index (χ1n) is 7.07. The minimum Gasteiger partial charge on any atom is -0.444 e. The molecule has 0 radical (unpaired) electrons. The summed E-state index contributed by atoms with van der Waals surface area (Å²) in [5, 5.41) is 2.50. The average Bonchev–Trinajstić information content (AvgIpc) is 2.97. The van der Waals surface area contributed by atoms with Crippen molar-refractivity contribution in [3.8, 4) is 0 Å². The number of anilines is 2. The number of nitrogen functional groups attached to an aromatic ring is 1. The van der Waals surface area contributed by atoms with Crippen molar-refractivity contribution in [1.29, 1.82) is 0 Å². The molecule has 0 unspecified atom stereocenters. The highest BCUT2D eigenvalue weighted by Crippen LogP contribution is 2.19. The van der Waals surface area contributed by atoms with Crippen LogP contribution in [0, 0.1) is 0 Å². The van der Waals surface area contributed by atoms with Gasteiger partial charge in [-0.2, -0.15) is 9.97 Å². The van der Waals surface area contributed by atoms with Crippen LogP contribution in [0.25, 0.3) is 11.2 Å². The molecule has 2 aromatic heterocycles. The Morgan fingerprint density at radius 3 is 2.83 bits per heavy atom. The van der Waals surface area contributed by atoms with Crippen LogP contribution in [-0.2, 0) is 22.7 Å². The molecule has 0 fully saturated rings. The molecule has 3 rings (SSSR count). The zero-order chi connectivity index (χ0) is 16.9. The van der Waals surface area contributed by atoms with E-state index in [1.54, 1.807) is 0 Å². The minimum atomic E-state index is -0.691. The van der Waals surface area contributed by atoms with Gasteiger partial charge in [0.25, 0.3) is 0 Å². The number of imidazole rings is 1. The minimum absolute atomic E-state index is 0.0477. The summed E-state index contributed by atoms with van der Waals surface area (Å²) in [5.41, 5.74) is 7.18. The number of ether oxygens (including phenoxy) is 1. The molecule has 0 saturated carbocycles. The first-order valence-corrected chi connectivity index (χ1v) is 7.07. The van der Waals surface area contributed by atoms with Gasteiger partial charge in [-0.1, -0.05) is 30.3 Å². The average molecular weight is 326 g/mol. The third kappa shape index (κ3) is 3.29. The van der Waals surface area contributed by atoms with Gasteiger partial charge in [0, 0.05) is 0 Å². The standard InChI is InChI=1S/C15H14N6O3/c16-14-18-12(11-13(20-14)21(6-7-22)9-17-11)19-15(23)24-8-10-4-2-1-3-5-10/h1-5,7,9H,6,8H2,(H3,16,18,19,20,23). The van der Waals surface area contributed by atoms with Gasteiger partial charge in [-0.05, 0) is 5.56 Å². The molecule has 9 heteroatoms. The zero-order valence-electron chi connectivity index (χ0n) is 12.5. The Morgan fingerprint density at radius 2 is 2.08 bits per heavy atom. The van der Waals surface area contributed by atoms with Crippen LogP contribution < -0.4 is 11.1 Å². The van der Waals surface area contributed by atoms with Crippen molar-refractivity contribution < 1.29 is 14.3 Å². The number of benzene rings is 1. The maximum Gasteiger partial charge on any atom is 0.413 e. The lowest BCUT2D eigenvalue weighted by atomic mass is 10.2. The van der Waals surface area contributed by atoms with Gasteiger partial charge in [0.05, 0.1) is 12.9 Å². The van der Waals surface area contributed by atoms with E-state index in [0.29, 0.717) is 17.5 Å². The van der Waals surface area contributed by atoms with Crippen LogP contribution in [0.3, 0.4) is 0 Å². The van der Waals surface area contributed by atoms with Crippen LogP contribution in [0.15, 0.2) is 36.7 Å². The van der Waals surface area contributed by atoms with Crippen molar-refractivity contribution in [2.45, 2.75) is 13.2 Å². The summed E-state index contributed by atoms with van der Waals surface area (Å²) in [7, 11) is 0. The Labute approximate surface area is 136 Å². The number of carbonyl (C=O) groups excluding carboxylic acids is 2. The zero-order valence-corrected chi connectivity index (χ0v) is 12.5. The summed E-state index contributed by atoms with van der Waals surface area (Å²) in [5.74, 6) is 0.0775. The van der Waals surface area contributed by atoms with Gasteiger partial charge in [-0.25, -0.2) is 9.78 Å². The summed E-state index contributed by atoms with van der Waals surface area (Å²) >= 11 is 0. The van der Waals surface area contributed by atoms with E-state index in [9.17, 15) is 9.59 Å². The molecule has 24 heavy (non-hydrogen) atoms. The van der Waals surface area contributed by atoms with E-state index in [4.69, 9.17) is 10.5 Å². The molecule has 1 amide bonds. The van der Waals surface area contributed by atoms with Crippen molar-refractivity contribution in [1.82, 2.24) is 19.5 Å². The van der Waals surface area contributed by atoms with Crippen molar-refractivity contribution in [2.75, 3.05) is 11.1 Å². The van der Waals surface area contributed by atoms with Crippen molar-refractivity contribution in [2.24, 2.45) is 0 Å². The number of hydrogen-bond acceptors (Lipinski definition) is 7. The van der Waals surface area contributed by atoms with Gasteiger partial charge in [-0.15, -0.1) is 0 Å². The van der Waals surface area contributed by atoms with E-state index in [-0.39, 0.29) is 24.9 Å². The third-order valence-corrected chi connectivity index (χ3v) is 3.19. The molecule has 0 aliphatic heterocycles. The number of carbonyl (C=O) groups is 2. The molecule has 1 aromatic carbocycles. The summed E-state index contributed by atoms with van der Waals surface area (Å²) in [6, 6.07) is 9.26. The van der Waals surface area contributed by atoms with Crippen molar-refractivity contribution >= 4 is 35.3 Å². The molecule has 0 bridgehead atoms. The van der Waals surface area contributed by atoms with E-state index < -0.39 is 6.09 Å². The number of hydrogen-bond donors (Lipinski definition) is 2. The Morgan fingerprint density at radius 1 is 1.29 bits per heavy atom. The fourth-order valence-corrected chi connectivity index (χ4v) is 2.12. The summed E-state index contributed by atoms with van der Waals surface area (Å²) < 4.78 is 6.63. The number of rotatable bonds is 5. The number of nitrogens with zero attached hydrogens (tertiary/aromatic N) is 4. The van der Waals surface area contributed by atoms with Crippen LogP contribution in [0.1, 0.15) is 5.56 Å². The highest BCUT2D eigenvalue weighted by Gasteiger charge is 2.15. The Bertz CT molecular complexity index is 878. The number of aromatic nitrogens is 4. The van der Waals surface area contributed by atoms with Gasteiger partial charge >= 0.3 is 6.09 Å². The number of amides is 1. The van der Waals surface area contributed by atoms with Crippen LogP contribution in [0.4, 0.5) is 16.6 Å². The van der Waals surface area contributed by atoms with E-state index in [0.717, 1.165) is 5.56 Å². The van der Waals surface area contributed by atoms with Gasteiger partial charge < -0.3 is 19.8 Å². The van der Waals surface area contributed by atoms with Crippen LogP contribution >= 0.6 is 0 Å². The van der Waals surface area contributed by atoms with Crippen LogP contribution in [-0.4, -0.2) is 31.9 Å². The van der Waals surface area contributed by atoms with Gasteiger partial charge in [0.1, 0.15) is 12.9 Å². The first kappa shape index (κ1) is 15.4. The second-order valence-corrected chi connectivity index (χ2v) is 4.85. The van der Waals surface area contributed by atoms with Crippen molar-refractivity contribution in [3.05, 3.63) is 42.2 Å². The third-order valence-electron chi connectivity index (χ3n) is 3.19. The fourth-order valence-electron chi connectivity index (χ4n) is 2.12. The van der Waals surface area contributed by atoms with E-state index in [1.807, 2.05) is 30.3 Å². The van der Waals surface area contributed by atoms with Crippen molar-refractivity contribution in [3.63, 3.8) is 0 Å². The quantitative estimate of drug-likeness (QED) is 0.678. The number of aldehydes is 1. The molecule has 2 heterocycles. The molecule has 9 nitrogen and oxygen atoms in total. The molecular weight excluding hydrogens is 312 g/mol. The molecule has 0 saturated heterocycles. The Hall–Kier alpha value is -3.49. The molecule has 3 N–H and O–H groups in total. The van der Waals surface area contributed by atoms with E-state index in [2.05, 4.69) is 20.3 Å². The lowest BCUT2D eigenvalue weighted by Crippen LogP contribution is -2.16. The number of nitrogens with two attached hydrogens (primary N) is 1. The monoisotopic (exact) mass is 326 g/mol. The fraction of sp³-hybridized carbons (Fsp3) is 0.133. The molecule has 0 aliphatic rings. The Kier molecular flexibility index (Phi) is 4.32. The molecule has 3 aromatic rings. The SMILES string of the molecule is Nc1nc(NC(=O)OCc2ccccc2)c2ncn(CC=O)c2n1. The predicted octanol–water partition coefficient (Wildman–Crippen LogP) is 1.36. The maximum absolute atomic E-state index is 11.9. The van der Waals surface area contributed by atoms with Gasteiger partial charge in [0.2, 0.25) is 5.95 Å². The molecule has 122 valence electrons. The summed E-state index contributed by atoms with van der Waals surface area (Å²) in [6.45, 7) is 0.195. The van der Waals surface area contributed by atoms with Crippen LogP contribution in [0.5, 0.6) is 0 Å². The van der Waals surface area contributed by atoms with Crippen LogP contribution in [0.2, 0.25) is 0 Å². The van der Waals surface area contributed by atoms with E-state index in [1.165, 1.54) is 10.9 Å². The smallest absolute Gasteiger partial charge is 0.413 e. The molecule has 0 spiro atoms. The van der Waals surface area contributed by atoms with Gasteiger partial charge in [-0.3, -0.25) is 5.32 Å². The molecule has 0 aliphatic carbocycles. The largest absolute Gasteiger partial charge is 0.444 e. The number of fused-ring (bicyclic) bond motifs is 1. The highest BCUT2D eigenvalue weighted by molar-refractivity contribution is 5.94. The predicted molar refractivity (Wildman–Crippen MR) is 86.0 cm³/mol. The van der Waals surface area contributed by atoms with E-state index >= 15 is 0 Å². The second-order valence-electron chi connectivity index (χ2n) is 4.85. The summed E-state index contributed by atoms with van der Waals surface area (Å²) in [6.07, 6.45) is 1.44. The maximum atomic E-state index is 11.9. The second kappa shape index (κ2) is 6.73. The van der Waals surface area contributed by atoms with Gasteiger partial charge in [0.15, 0.2) is 17.0 Å². The lowest BCUT2D eigenvalue weighted by molar-refractivity contribution is -0.108. The summed E-state index contributed by atoms with van der Waals surface area (Å²) in [4.78, 5) is 34.7. The topological polar surface area (TPSA) is 125 Å².